The van der Waals surface area contributed by atoms with Crippen LogP contribution in [0.1, 0.15) is 13.3 Å². The summed E-state index contributed by atoms with van der Waals surface area (Å²) in [6.07, 6.45) is 0.970. The number of nitrogens with zero attached hydrogens (tertiary/aromatic N) is 1. The van der Waals surface area contributed by atoms with Gasteiger partial charge in [-0.2, -0.15) is 5.26 Å². The van der Waals surface area contributed by atoms with Crippen molar-refractivity contribution in [2.45, 2.75) is 19.4 Å². The van der Waals surface area contributed by atoms with E-state index in [1.165, 1.54) is 0 Å². The molecule has 0 spiro atoms. The Labute approximate surface area is 55.4 Å². The standard InChI is InChI=1S/C6H12N2O/c1-2-3-9-5-6(8)4-7/h6H,2-3,5,8H2,1H3. The van der Waals surface area contributed by atoms with Crippen LogP contribution < -0.4 is 5.73 Å². The fourth-order valence-electron chi connectivity index (χ4n) is 0.392. The molecule has 0 bridgehead atoms. The largest absolute Gasteiger partial charge is 0.379 e. The summed E-state index contributed by atoms with van der Waals surface area (Å²) in [5, 5.41) is 8.18. The monoisotopic (exact) mass is 128 g/mol. The second-order valence-corrected chi connectivity index (χ2v) is 1.81. The average molecular weight is 128 g/mol. The van der Waals surface area contributed by atoms with Gasteiger partial charge in [-0.25, -0.2) is 0 Å². The first-order valence-corrected chi connectivity index (χ1v) is 3.04. The lowest BCUT2D eigenvalue weighted by atomic mass is 10.4. The van der Waals surface area contributed by atoms with Gasteiger partial charge < -0.3 is 10.5 Å². The Hall–Kier alpha value is -0.590. The lowest BCUT2D eigenvalue weighted by molar-refractivity contribution is 0.131. The van der Waals surface area contributed by atoms with E-state index in [0.29, 0.717) is 13.2 Å². The lowest BCUT2D eigenvalue weighted by Crippen LogP contribution is -2.23. The number of hydrogen-bond donors (Lipinski definition) is 1. The molecule has 2 N–H and O–H groups in total. The molecule has 0 amide bonds. The van der Waals surface area contributed by atoms with Crippen LogP contribution in [0.5, 0.6) is 0 Å². The van der Waals surface area contributed by atoms with Crippen molar-refractivity contribution in [2.24, 2.45) is 5.73 Å². The zero-order valence-corrected chi connectivity index (χ0v) is 5.63. The van der Waals surface area contributed by atoms with Crippen molar-refractivity contribution in [1.29, 1.82) is 5.26 Å². The summed E-state index contributed by atoms with van der Waals surface area (Å²) in [6, 6.07) is 1.42. The summed E-state index contributed by atoms with van der Waals surface area (Å²) in [7, 11) is 0. The SMILES string of the molecule is CCCOCC(N)C#N. The van der Waals surface area contributed by atoms with Gasteiger partial charge in [-0.3, -0.25) is 0 Å². The maximum Gasteiger partial charge on any atom is 0.116 e. The first-order chi connectivity index (χ1) is 4.31. The number of hydrogen-bond acceptors (Lipinski definition) is 3. The molecule has 0 aromatic carbocycles. The van der Waals surface area contributed by atoms with Gasteiger partial charge in [-0.15, -0.1) is 0 Å². The summed E-state index contributed by atoms with van der Waals surface area (Å²) in [4.78, 5) is 0. The summed E-state index contributed by atoms with van der Waals surface area (Å²) in [6.45, 7) is 3.05. The topological polar surface area (TPSA) is 59.0 Å². The second kappa shape index (κ2) is 5.54. The smallest absolute Gasteiger partial charge is 0.116 e. The highest BCUT2D eigenvalue weighted by Gasteiger charge is 1.96. The molecular formula is C6H12N2O. The third kappa shape index (κ3) is 5.28. The number of nitriles is 1. The minimum absolute atomic E-state index is 0.352. The molecule has 3 nitrogen and oxygen atoms in total. The molecule has 0 saturated heterocycles. The summed E-state index contributed by atoms with van der Waals surface area (Å²) >= 11 is 0. The Morgan fingerprint density at radius 2 is 2.44 bits per heavy atom. The Kier molecular flexibility index (Phi) is 5.18. The zero-order chi connectivity index (χ0) is 7.11. The molecule has 9 heavy (non-hydrogen) atoms. The molecule has 0 radical (unpaired) electrons. The van der Waals surface area contributed by atoms with Gasteiger partial charge in [0, 0.05) is 6.61 Å². The van der Waals surface area contributed by atoms with E-state index in [-0.39, 0.29) is 0 Å². The van der Waals surface area contributed by atoms with Gasteiger partial charge in [0.1, 0.15) is 6.04 Å². The Morgan fingerprint density at radius 3 is 2.89 bits per heavy atom. The number of ether oxygens (including phenoxy) is 1. The van der Waals surface area contributed by atoms with E-state index in [9.17, 15) is 0 Å². The second-order valence-electron chi connectivity index (χ2n) is 1.81. The Bertz CT molecular complexity index is 97.7. The molecule has 0 fully saturated rings. The van der Waals surface area contributed by atoms with Crippen LogP contribution in [0.25, 0.3) is 0 Å². The normalized spacial score (nSPS) is 12.6. The van der Waals surface area contributed by atoms with E-state index in [1.54, 1.807) is 0 Å². The van der Waals surface area contributed by atoms with Crippen LogP contribution in [-0.4, -0.2) is 19.3 Å². The van der Waals surface area contributed by atoms with Gasteiger partial charge in [0.15, 0.2) is 0 Å². The molecule has 0 aliphatic heterocycles. The summed E-state index contributed by atoms with van der Waals surface area (Å²) in [5.74, 6) is 0. The summed E-state index contributed by atoms with van der Waals surface area (Å²) in [5.41, 5.74) is 5.23. The molecule has 0 aromatic rings. The van der Waals surface area contributed by atoms with E-state index in [2.05, 4.69) is 0 Å². The molecule has 52 valence electrons. The van der Waals surface area contributed by atoms with Crippen LogP contribution in [0.2, 0.25) is 0 Å². The Balaban J connectivity index is 2.99. The van der Waals surface area contributed by atoms with E-state index in [0.717, 1.165) is 6.42 Å². The van der Waals surface area contributed by atoms with Crippen molar-refractivity contribution in [3.05, 3.63) is 0 Å². The van der Waals surface area contributed by atoms with E-state index in [1.807, 2.05) is 13.0 Å². The molecular weight excluding hydrogens is 116 g/mol. The van der Waals surface area contributed by atoms with Crippen molar-refractivity contribution in [1.82, 2.24) is 0 Å². The van der Waals surface area contributed by atoms with Crippen LogP contribution in [0.3, 0.4) is 0 Å². The predicted molar refractivity (Wildman–Crippen MR) is 34.7 cm³/mol. The van der Waals surface area contributed by atoms with Crippen molar-refractivity contribution in [2.75, 3.05) is 13.2 Å². The molecule has 0 heterocycles. The minimum atomic E-state index is -0.462. The van der Waals surface area contributed by atoms with Crippen LogP contribution >= 0.6 is 0 Å². The molecule has 0 aromatic heterocycles. The first kappa shape index (κ1) is 8.41. The number of rotatable bonds is 4. The molecule has 0 rings (SSSR count). The van der Waals surface area contributed by atoms with Gasteiger partial charge in [-0.05, 0) is 6.42 Å². The third-order valence-corrected chi connectivity index (χ3v) is 0.812. The third-order valence-electron chi connectivity index (χ3n) is 0.812. The fourth-order valence-corrected chi connectivity index (χ4v) is 0.392. The Morgan fingerprint density at radius 1 is 1.78 bits per heavy atom. The van der Waals surface area contributed by atoms with Crippen LogP contribution in [0.4, 0.5) is 0 Å². The van der Waals surface area contributed by atoms with Crippen molar-refractivity contribution >= 4 is 0 Å². The van der Waals surface area contributed by atoms with Crippen molar-refractivity contribution in [3.8, 4) is 6.07 Å². The predicted octanol–water partition coefficient (Wildman–Crippen LogP) is 0.264. The van der Waals surface area contributed by atoms with Crippen molar-refractivity contribution < 1.29 is 4.74 Å². The van der Waals surface area contributed by atoms with Gasteiger partial charge in [0.25, 0.3) is 0 Å². The number of nitrogens with two attached hydrogens (primary N) is 1. The zero-order valence-electron chi connectivity index (χ0n) is 5.63. The molecule has 3 heteroatoms. The van der Waals surface area contributed by atoms with Gasteiger partial charge >= 0.3 is 0 Å². The van der Waals surface area contributed by atoms with Gasteiger partial charge in [0.2, 0.25) is 0 Å². The fraction of sp³-hybridized carbons (Fsp3) is 0.833. The van der Waals surface area contributed by atoms with Crippen molar-refractivity contribution in [3.63, 3.8) is 0 Å². The lowest BCUT2D eigenvalue weighted by Gasteiger charge is -2.01. The average Bonchev–Trinajstić information content (AvgIpc) is 1.89. The molecule has 0 aliphatic rings. The highest BCUT2D eigenvalue weighted by molar-refractivity contribution is 4.85. The van der Waals surface area contributed by atoms with E-state index in [4.69, 9.17) is 15.7 Å². The molecule has 0 saturated carbocycles. The molecule has 1 atom stereocenters. The quantitative estimate of drug-likeness (QED) is 0.552. The van der Waals surface area contributed by atoms with E-state index < -0.39 is 6.04 Å². The summed E-state index contributed by atoms with van der Waals surface area (Å²) < 4.78 is 4.99. The minimum Gasteiger partial charge on any atom is -0.379 e. The van der Waals surface area contributed by atoms with E-state index >= 15 is 0 Å². The highest BCUT2D eigenvalue weighted by Crippen LogP contribution is 1.81. The van der Waals surface area contributed by atoms with Crippen LogP contribution in [0, 0.1) is 11.3 Å². The first-order valence-electron chi connectivity index (χ1n) is 3.04. The molecule has 1 unspecified atom stereocenters. The van der Waals surface area contributed by atoms with Crippen LogP contribution in [0.15, 0.2) is 0 Å². The molecule has 0 aliphatic carbocycles. The van der Waals surface area contributed by atoms with Gasteiger partial charge in [0.05, 0.1) is 12.7 Å². The maximum absolute atomic E-state index is 8.18. The van der Waals surface area contributed by atoms with Gasteiger partial charge in [-0.1, -0.05) is 6.92 Å². The highest BCUT2D eigenvalue weighted by atomic mass is 16.5. The maximum atomic E-state index is 8.18. The van der Waals surface area contributed by atoms with Crippen LogP contribution in [-0.2, 0) is 4.74 Å².